The van der Waals surface area contributed by atoms with Crippen LogP contribution in [0.1, 0.15) is 26.7 Å². The van der Waals surface area contributed by atoms with Gasteiger partial charge in [-0.3, -0.25) is 0 Å². The standard InChI is InChI=1S/C7H15NOS/c1-3-4-6(2)9-5-7(8)10/h6H,3-5H2,1-2H3,(H2,8,10). The van der Waals surface area contributed by atoms with Gasteiger partial charge in [-0.15, -0.1) is 0 Å². The highest BCUT2D eigenvalue weighted by Gasteiger charge is 1.99. The second-order valence-corrected chi connectivity index (χ2v) is 2.90. The molecule has 0 saturated heterocycles. The molecule has 10 heavy (non-hydrogen) atoms. The second-order valence-electron chi connectivity index (χ2n) is 2.38. The van der Waals surface area contributed by atoms with E-state index in [4.69, 9.17) is 10.5 Å². The smallest absolute Gasteiger partial charge is 0.0989 e. The van der Waals surface area contributed by atoms with Gasteiger partial charge in [-0.1, -0.05) is 25.6 Å². The predicted molar refractivity (Wildman–Crippen MR) is 47.1 cm³/mol. The third-order valence-electron chi connectivity index (χ3n) is 1.21. The molecule has 0 aromatic rings. The van der Waals surface area contributed by atoms with E-state index in [1.165, 1.54) is 0 Å². The second kappa shape index (κ2) is 5.62. The summed E-state index contributed by atoms with van der Waals surface area (Å²) < 4.78 is 5.28. The molecule has 0 aliphatic rings. The number of thiocarbonyl (C=S) groups is 1. The van der Waals surface area contributed by atoms with Crippen LogP contribution in [0.3, 0.4) is 0 Å². The molecule has 0 aliphatic carbocycles. The van der Waals surface area contributed by atoms with Crippen molar-refractivity contribution in [2.75, 3.05) is 6.61 Å². The Morgan fingerprint density at radius 3 is 2.70 bits per heavy atom. The summed E-state index contributed by atoms with van der Waals surface area (Å²) in [7, 11) is 0. The third-order valence-corrected chi connectivity index (χ3v) is 1.32. The minimum Gasteiger partial charge on any atom is -0.391 e. The largest absolute Gasteiger partial charge is 0.391 e. The molecule has 0 amide bonds. The Hall–Kier alpha value is -0.150. The Kier molecular flexibility index (Phi) is 5.54. The van der Waals surface area contributed by atoms with Gasteiger partial charge < -0.3 is 10.5 Å². The van der Waals surface area contributed by atoms with E-state index in [9.17, 15) is 0 Å². The van der Waals surface area contributed by atoms with Gasteiger partial charge in [-0.25, -0.2) is 0 Å². The molecule has 3 heteroatoms. The molecule has 0 aliphatic heterocycles. The first-order chi connectivity index (χ1) is 4.66. The fourth-order valence-electron chi connectivity index (χ4n) is 0.714. The van der Waals surface area contributed by atoms with Crippen LogP contribution < -0.4 is 5.73 Å². The molecule has 0 saturated carbocycles. The monoisotopic (exact) mass is 161 g/mol. The number of ether oxygens (including phenoxy) is 1. The number of hydrogen-bond acceptors (Lipinski definition) is 2. The van der Waals surface area contributed by atoms with Gasteiger partial charge in [0.15, 0.2) is 0 Å². The van der Waals surface area contributed by atoms with Crippen molar-refractivity contribution in [3.8, 4) is 0 Å². The molecule has 0 bridgehead atoms. The van der Waals surface area contributed by atoms with Gasteiger partial charge >= 0.3 is 0 Å². The van der Waals surface area contributed by atoms with Gasteiger partial charge in [0.25, 0.3) is 0 Å². The van der Waals surface area contributed by atoms with E-state index in [0.29, 0.717) is 11.6 Å². The molecular formula is C7H15NOS. The Bertz CT molecular complexity index is 106. The summed E-state index contributed by atoms with van der Waals surface area (Å²) in [5, 5.41) is 0. The summed E-state index contributed by atoms with van der Waals surface area (Å²) in [5.41, 5.74) is 5.24. The summed E-state index contributed by atoms with van der Waals surface area (Å²) in [6, 6.07) is 0. The minimum atomic E-state index is 0.284. The Labute approximate surface area is 67.7 Å². The van der Waals surface area contributed by atoms with E-state index >= 15 is 0 Å². The Morgan fingerprint density at radius 2 is 2.30 bits per heavy atom. The molecule has 0 spiro atoms. The van der Waals surface area contributed by atoms with Gasteiger partial charge in [-0.2, -0.15) is 0 Å². The number of nitrogens with two attached hydrogens (primary N) is 1. The van der Waals surface area contributed by atoms with Gasteiger partial charge in [0.2, 0.25) is 0 Å². The lowest BCUT2D eigenvalue weighted by Crippen LogP contribution is -2.20. The molecule has 2 N–H and O–H groups in total. The van der Waals surface area contributed by atoms with E-state index in [0.717, 1.165) is 12.8 Å². The van der Waals surface area contributed by atoms with E-state index in [-0.39, 0.29) is 6.10 Å². The van der Waals surface area contributed by atoms with Crippen LogP contribution in [0.5, 0.6) is 0 Å². The topological polar surface area (TPSA) is 35.2 Å². The first-order valence-electron chi connectivity index (χ1n) is 3.56. The summed E-state index contributed by atoms with van der Waals surface area (Å²) in [6.45, 7) is 4.57. The van der Waals surface area contributed by atoms with Crippen molar-refractivity contribution >= 4 is 17.2 Å². The van der Waals surface area contributed by atoms with Crippen LogP contribution in [0.15, 0.2) is 0 Å². The van der Waals surface area contributed by atoms with E-state index < -0.39 is 0 Å². The molecule has 60 valence electrons. The van der Waals surface area contributed by atoms with Gasteiger partial charge in [0, 0.05) is 0 Å². The number of rotatable bonds is 5. The predicted octanol–water partition coefficient (Wildman–Crippen LogP) is 1.48. The zero-order valence-electron chi connectivity index (χ0n) is 6.59. The molecule has 1 atom stereocenters. The van der Waals surface area contributed by atoms with Crippen molar-refractivity contribution in [2.24, 2.45) is 5.73 Å². The zero-order valence-corrected chi connectivity index (χ0v) is 7.41. The average molecular weight is 161 g/mol. The van der Waals surface area contributed by atoms with Crippen LogP contribution in [0.2, 0.25) is 0 Å². The highest BCUT2D eigenvalue weighted by Crippen LogP contribution is 1.99. The Balaban J connectivity index is 3.21. The van der Waals surface area contributed by atoms with Crippen LogP contribution in [0.25, 0.3) is 0 Å². The maximum absolute atomic E-state index is 5.28. The fraction of sp³-hybridized carbons (Fsp3) is 0.857. The highest BCUT2D eigenvalue weighted by atomic mass is 32.1. The number of hydrogen-bond donors (Lipinski definition) is 1. The van der Waals surface area contributed by atoms with Crippen LogP contribution in [0, 0.1) is 0 Å². The summed E-state index contributed by atoms with van der Waals surface area (Å²) in [5.74, 6) is 0. The third kappa shape index (κ3) is 5.98. The lowest BCUT2D eigenvalue weighted by molar-refractivity contribution is 0.0893. The molecule has 1 unspecified atom stereocenters. The van der Waals surface area contributed by atoms with Crippen LogP contribution in [0.4, 0.5) is 0 Å². The van der Waals surface area contributed by atoms with Gasteiger partial charge in [0.1, 0.15) is 0 Å². The van der Waals surface area contributed by atoms with Crippen LogP contribution in [-0.4, -0.2) is 17.7 Å². The van der Waals surface area contributed by atoms with Crippen LogP contribution >= 0.6 is 12.2 Å². The quantitative estimate of drug-likeness (QED) is 0.620. The van der Waals surface area contributed by atoms with Gasteiger partial charge in [-0.05, 0) is 13.3 Å². The first-order valence-corrected chi connectivity index (χ1v) is 3.97. The minimum absolute atomic E-state index is 0.284. The van der Waals surface area contributed by atoms with Crippen molar-refractivity contribution in [3.05, 3.63) is 0 Å². The lowest BCUT2D eigenvalue weighted by Gasteiger charge is -2.09. The average Bonchev–Trinajstić information content (AvgIpc) is 1.85. The normalized spacial score (nSPS) is 13.0. The summed E-state index contributed by atoms with van der Waals surface area (Å²) >= 11 is 4.65. The fourth-order valence-corrected chi connectivity index (χ4v) is 0.782. The van der Waals surface area contributed by atoms with E-state index in [2.05, 4.69) is 19.1 Å². The summed E-state index contributed by atoms with van der Waals surface area (Å²) in [4.78, 5) is 0.433. The SMILES string of the molecule is CCCC(C)OCC(N)=S. The molecule has 0 aromatic heterocycles. The molecule has 0 aromatic carbocycles. The molecule has 0 heterocycles. The van der Waals surface area contributed by atoms with E-state index in [1.54, 1.807) is 0 Å². The zero-order chi connectivity index (χ0) is 7.98. The lowest BCUT2D eigenvalue weighted by atomic mass is 10.2. The molecule has 0 radical (unpaired) electrons. The molecule has 0 fully saturated rings. The van der Waals surface area contributed by atoms with Crippen molar-refractivity contribution in [1.82, 2.24) is 0 Å². The van der Waals surface area contributed by atoms with Crippen molar-refractivity contribution in [1.29, 1.82) is 0 Å². The van der Waals surface area contributed by atoms with Crippen molar-refractivity contribution < 1.29 is 4.74 Å². The molecule has 2 nitrogen and oxygen atoms in total. The van der Waals surface area contributed by atoms with Gasteiger partial charge in [0.05, 0.1) is 17.7 Å². The van der Waals surface area contributed by atoms with Crippen LogP contribution in [-0.2, 0) is 4.74 Å². The van der Waals surface area contributed by atoms with Crippen molar-refractivity contribution in [2.45, 2.75) is 32.8 Å². The highest BCUT2D eigenvalue weighted by molar-refractivity contribution is 7.80. The first kappa shape index (κ1) is 9.85. The molecule has 0 rings (SSSR count). The maximum atomic E-state index is 5.28. The molecular weight excluding hydrogens is 146 g/mol. The maximum Gasteiger partial charge on any atom is 0.0989 e. The van der Waals surface area contributed by atoms with Crippen molar-refractivity contribution in [3.63, 3.8) is 0 Å². The van der Waals surface area contributed by atoms with E-state index in [1.807, 2.05) is 6.92 Å². The summed E-state index contributed by atoms with van der Waals surface area (Å²) in [6.07, 6.45) is 2.49. The Morgan fingerprint density at radius 1 is 1.70 bits per heavy atom.